The van der Waals surface area contributed by atoms with Crippen LogP contribution >= 0.6 is 23.5 Å². The van der Waals surface area contributed by atoms with Crippen LogP contribution in [0.5, 0.6) is 0 Å². The molecule has 2 heteroatoms. The van der Waals surface area contributed by atoms with E-state index in [1.54, 1.807) is 0 Å². The van der Waals surface area contributed by atoms with Crippen molar-refractivity contribution in [2.24, 2.45) is 0 Å². The highest BCUT2D eigenvalue weighted by Crippen LogP contribution is 2.40. The molecule has 1 unspecified atom stereocenters. The molecule has 0 amide bonds. The Kier molecular flexibility index (Phi) is 2.38. The second-order valence-electron chi connectivity index (χ2n) is 3.20. The number of hydrogen-bond donors (Lipinski definition) is 0. The fourth-order valence-electron chi connectivity index (χ4n) is 1.12. The summed E-state index contributed by atoms with van der Waals surface area (Å²) < 4.78 is 0.546. The van der Waals surface area contributed by atoms with E-state index in [4.69, 9.17) is 0 Å². The molecule has 1 aliphatic rings. The smallest absolute Gasteiger partial charge is 0.0400 e. The summed E-state index contributed by atoms with van der Waals surface area (Å²) in [6.07, 6.45) is 1.36. The first kappa shape index (κ1) is 7.80. The molecule has 0 bridgehead atoms. The van der Waals surface area contributed by atoms with Crippen LogP contribution in [0.2, 0.25) is 0 Å². The zero-order valence-electron chi connectivity index (χ0n) is 6.31. The van der Waals surface area contributed by atoms with Gasteiger partial charge in [-0.25, -0.2) is 0 Å². The first-order valence-electron chi connectivity index (χ1n) is 3.36. The van der Waals surface area contributed by atoms with Gasteiger partial charge in [-0.15, -0.1) is 23.5 Å². The highest BCUT2D eigenvalue weighted by molar-refractivity contribution is 8.17. The number of rotatable bonds is 0. The average molecular weight is 162 g/mol. The maximum atomic E-state index is 2.34. The first-order chi connectivity index (χ1) is 4.10. The van der Waals surface area contributed by atoms with Crippen molar-refractivity contribution in [2.45, 2.75) is 37.2 Å². The van der Waals surface area contributed by atoms with E-state index >= 15 is 0 Å². The van der Waals surface area contributed by atoms with Crippen LogP contribution in [0.15, 0.2) is 0 Å². The molecule has 1 aliphatic heterocycles. The lowest BCUT2D eigenvalue weighted by atomic mass is 10.1. The Morgan fingerprint density at radius 3 is 2.44 bits per heavy atom. The van der Waals surface area contributed by atoms with Gasteiger partial charge in [0.25, 0.3) is 0 Å². The fraction of sp³-hybridized carbons (Fsp3) is 1.00. The number of hydrogen-bond acceptors (Lipinski definition) is 2. The molecule has 0 radical (unpaired) electrons. The first-order valence-corrected chi connectivity index (χ1v) is 5.39. The molecule has 0 spiro atoms. The van der Waals surface area contributed by atoms with Gasteiger partial charge >= 0.3 is 0 Å². The van der Waals surface area contributed by atoms with Crippen LogP contribution < -0.4 is 0 Å². The van der Waals surface area contributed by atoms with Crippen LogP contribution in [0, 0.1) is 0 Å². The Labute approximate surface area is 66.2 Å². The lowest BCUT2D eigenvalue weighted by molar-refractivity contribution is 0.633. The minimum absolute atomic E-state index is 0.546. The van der Waals surface area contributed by atoms with Crippen molar-refractivity contribution in [3.05, 3.63) is 0 Å². The van der Waals surface area contributed by atoms with Gasteiger partial charge in [0.2, 0.25) is 0 Å². The van der Waals surface area contributed by atoms with Gasteiger partial charge in [-0.2, -0.15) is 0 Å². The molecule has 1 saturated heterocycles. The van der Waals surface area contributed by atoms with Crippen LogP contribution in [-0.2, 0) is 0 Å². The maximum Gasteiger partial charge on any atom is 0.0400 e. The van der Waals surface area contributed by atoms with E-state index in [9.17, 15) is 0 Å². The summed E-state index contributed by atoms with van der Waals surface area (Å²) >= 11 is 4.17. The molecule has 0 nitrogen and oxygen atoms in total. The summed E-state index contributed by atoms with van der Waals surface area (Å²) in [4.78, 5) is 0. The van der Waals surface area contributed by atoms with Crippen molar-refractivity contribution < 1.29 is 0 Å². The van der Waals surface area contributed by atoms with E-state index in [-0.39, 0.29) is 0 Å². The summed E-state index contributed by atoms with van der Waals surface area (Å²) in [6.45, 7) is 7.01. The largest absolute Gasteiger partial charge is 0.148 e. The van der Waals surface area contributed by atoms with Crippen molar-refractivity contribution in [1.82, 2.24) is 0 Å². The molecule has 1 atom stereocenters. The van der Waals surface area contributed by atoms with Crippen molar-refractivity contribution in [2.75, 3.05) is 5.08 Å². The molecule has 1 heterocycles. The summed E-state index contributed by atoms with van der Waals surface area (Å²) in [5.41, 5.74) is 0. The molecule has 0 aromatic carbocycles. The molecule has 1 fully saturated rings. The Morgan fingerprint density at radius 2 is 2.11 bits per heavy atom. The summed E-state index contributed by atoms with van der Waals surface area (Å²) in [6, 6.07) is 0. The quantitative estimate of drug-likeness (QED) is 0.537. The molecule has 0 saturated carbocycles. The Balaban J connectivity index is 2.41. The van der Waals surface area contributed by atoms with Crippen LogP contribution in [0.25, 0.3) is 0 Å². The van der Waals surface area contributed by atoms with Crippen molar-refractivity contribution >= 4 is 23.5 Å². The van der Waals surface area contributed by atoms with Crippen LogP contribution in [-0.4, -0.2) is 15.1 Å². The average Bonchev–Trinajstić information content (AvgIpc) is 1.60. The minimum Gasteiger partial charge on any atom is -0.148 e. The second-order valence-corrected chi connectivity index (χ2v) is 6.68. The molecule has 0 N–H and O–H groups in total. The molecular formula is C7H14S2. The van der Waals surface area contributed by atoms with E-state index < -0.39 is 0 Å². The Morgan fingerprint density at radius 1 is 1.44 bits per heavy atom. The van der Waals surface area contributed by atoms with E-state index in [0.717, 1.165) is 5.25 Å². The fourth-order valence-corrected chi connectivity index (χ4v) is 4.61. The third-order valence-corrected chi connectivity index (χ3v) is 4.28. The van der Waals surface area contributed by atoms with Crippen molar-refractivity contribution in [3.8, 4) is 0 Å². The van der Waals surface area contributed by atoms with Crippen LogP contribution in [0.3, 0.4) is 0 Å². The summed E-state index contributed by atoms with van der Waals surface area (Å²) in [5.74, 6) is 0. The standard InChI is InChI=1S/C7H14S2/c1-6-4-7(2,3)9-5-8-6/h6H,4-5H2,1-3H3. The lowest BCUT2D eigenvalue weighted by Gasteiger charge is -2.32. The van der Waals surface area contributed by atoms with Gasteiger partial charge in [0.05, 0.1) is 0 Å². The highest BCUT2D eigenvalue weighted by Gasteiger charge is 2.26. The topological polar surface area (TPSA) is 0 Å². The monoisotopic (exact) mass is 162 g/mol. The summed E-state index contributed by atoms with van der Waals surface area (Å²) in [7, 11) is 0. The second kappa shape index (κ2) is 2.75. The zero-order chi connectivity index (χ0) is 6.91. The molecule has 0 aromatic rings. The van der Waals surface area contributed by atoms with E-state index in [2.05, 4.69) is 44.3 Å². The van der Waals surface area contributed by atoms with Crippen LogP contribution in [0.4, 0.5) is 0 Å². The van der Waals surface area contributed by atoms with Gasteiger partial charge in [-0.3, -0.25) is 0 Å². The molecule has 0 aromatic heterocycles. The molecule has 1 rings (SSSR count). The number of thioether (sulfide) groups is 2. The molecule has 9 heavy (non-hydrogen) atoms. The van der Waals surface area contributed by atoms with Crippen LogP contribution in [0.1, 0.15) is 27.2 Å². The van der Waals surface area contributed by atoms with E-state index in [0.29, 0.717) is 4.75 Å². The van der Waals surface area contributed by atoms with Gasteiger partial charge in [-0.1, -0.05) is 20.8 Å². The third-order valence-electron chi connectivity index (χ3n) is 1.58. The van der Waals surface area contributed by atoms with Crippen molar-refractivity contribution in [3.63, 3.8) is 0 Å². The summed E-state index contributed by atoms with van der Waals surface area (Å²) in [5, 5.41) is 2.16. The van der Waals surface area contributed by atoms with E-state index in [1.165, 1.54) is 11.5 Å². The normalized spacial score (nSPS) is 34.3. The predicted molar refractivity (Wildman–Crippen MR) is 48.2 cm³/mol. The Bertz CT molecular complexity index is 99.1. The third kappa shape index (κ3) is 2.42. The highest BCUT2D eigenvalue weighted by atomic mass is 32.2. The molecule has 54 valence electrons. The van der Waals surface area contributed by atoms with Gasteiger partial charge in [0, 0.05) is 15.1 Å². The van der Waals surface area contributed by atoms with Crippen molar-refractivity contribution in [1.29, 1.82) is 0 Å². The van der Waals surface area contributed by atoms with Gasteiger partial charge in [0.15, 0.2) is 0 Å². The minimum atomic E-state index is 0.546. The van der Waals surface area contributed by atoms with E-state index in [1.807, 2.05) is 0 Å². The molecule has 0 aliphatic carbocycles. The maximum absolute atomic E-state index is 2.34. The Hall–Kier alpha value is 0.700. The SMILES string of the molecule is CC1CC(C)(C)SCS1. The van der Waals surface area contributed by atoms with Gasteiger partial charge in [-0.05, 0) is 6.42 Å². The lowest BCUT2D eigenvalue weighted by Crippen LogP contribution is -2.24. The predicted octanol–water partition coefficient (Wildman–Crippen LogP) is 2.98. The van der Waals surface area contributed by atoms with Gasteiger partial charge < -0.3 is 0 Å². The van der Waals surface area contributed by atoms with Gasteiger partial charge in [0.1, 0.15) is 0 Å². The molecular weight excluding hydrogens is 148 g/mol. The zero-order valence-corrected chi connectivity index (χ0v) is 7.94.